The summed E-state index contributed by atoms with van der Waals surface area (Å²) in [5.41, 5.74) is 0.709. The van der Waals surface area contributed by atoms with E-state index in [1.54, 1.807) is 30.3 Å². The molecule has 7 nitrogen and oxygen atoms in total. The molecular formula is C14H12N4O3. The quantitative estimate of drug-likeness (QED) is 0.855. The average Bonchev–Trinajstić information content (AvgIpc) is 2.48. The highest BCUT2D eigenvalue weighted by Gasteiger charge is 2.26. The normalized spacial score (nSPS) is 13.5. The zero-order chi connectivity index (χ0) is 14.8. The van der Waals surface area contributed by atoms with E-state index in [1.165, 1.54) is 21.9 Å². The monoisotopic (exact) mass is 284 g/mol. The molecular weight excluding hydrogens is 272 g/mol. The Morgan fingerprint density at radius 1 is 1.24 bits per heavy atom. The maximum atomic E-state index is 12.4. The predicted octanol–water partition coefficient (Wildman–Crippen LogP) is 0.229. The molecule has 0 fully saturated rings. The van der Waals surface area contributed by atoms with E-state index in [-0.39, 0.29) is 24.9 Å². The smallest absolute Gasteiger partial charge is 0.323 e. The van der Waals surface area contributed by atoms with Crippen LogP contribution in [0, 0.1) is 0 Å². The molecule has 1 aromatic carbocycles. The van der Waals surface area contributed by atoms with Crippen LogP contribution in [0.15, 0.2) is 47.5 Å². The first-order chi connectivity index (χ1) is 10.1. The van der Waals surface area contributed by atoms with Crippen LogP contribution in [0.1, 0.15) is 0 Å². The van der Waals surface area contributed by atoms with Crippen LogP contribution in [-0.2, 0) is 16.1 Å². The van der Waals surface area contributed by atoms with Crippen molar-refractivity contribution >= 4 is 23.2 Å². The Morgan fingerprint density at radius 2 is 2.05 bits per heavy atom. The van der Waals surface area contributed by atoms with Crippen molar-refractivity contribution in [2.45, 2.75) is 6.54 Å². The number of nitrogens with one attached hydrogen (secondary N) is 1. The van der Waals surface area contributed by atoms with Crippen LogP contribution >= 0.6 is 0 Å². The van der Waals surface area contributed by atoms with Crippen molar-refractivity contribution in [3.05, 3.63) is 53.2 Å². The van der Waals surface area contributed by atoms with E-state index >= 15 is 0 Å². The lowest BCUT2D eigenvalue weighted by atomic mass is 10.2. The van der Waals surface area contributed by atoms with Gasteiger partial charge in [-0.3, -0.25) is 19.1 Å². The zero-order valence-electron chi connectivity index (χ0n) is 11.0. The standard InChI is InChI=1S/C14H12N4O3/c19-12-8-18(11-5-2-1-4-10(11)16-12)13(20)9-17-7-3-6-15-14(17)21/h1-7H,8-9H2,(H,16,19). The first-order valence-corrected chi connectivity index (χ1v) is 6.36. The van der Waals surface area contributed by atoms with Gasteiger partial charge in [0.1, 0.15) is 13.1 Å². The van der Waals surface area contributed by atoms with Crippen LogP contribution in [0.5, 0.6) is 0 Å². The Kier molecular flexibility index (Phi) is 3.23. The molecule has 0 radical (unpaired) electrons. The van der Waals surface area contributed by atoms with E-state index in [0.717, 1.165) is 0 Å². The number of carbonyl (C=O) groups excluding carboxylic acids is 2. The van der Waals surface area contributed by atoms with Crippen molar-refractivity contribution in [2.24, 2.45) is 0 Å². The summed E-state index contributed by atoms with van der Waals surface area (Å²) in [6.07, 6.45) is 2.86. The van der Waals surface area contributed by atoms with Gasteiger partial charge in [0.2, 0.25) is 11.8 Å². The molecule has 7 heteroatoms. The molecule has 3 rings (SSSR count). The fourth-order valence-electron chi connectivity index (χ4n) is 2.19. The van der Waals surface area contributed by atoms with E-state index in [1.807, 2.05) is 0 Å². The average molecular weight is 284 g/mol. The number of anilines is 2. The topological polar surface area (TPSA) is 84.3 Å². The summed E-state index contributed by atoms with van der Waals surface area (Å²) in [6.45, 7) is -0.223. The first kappa shape index (κ1) is 13.0. The van der Waals surface area contributed by atoms with Crippen molar-refractivity contribution in [3.8, 4) is 0 Å². The molecule has 106 valence electrons. The van der Waals surface area contributed by atoms with E-state index in [0.29, 0.717) is 11.4 Å². The molecule has 1 N–H and O–H groups in total. The summed E-state index contributed by atoms with van der Waals surface area (Å²) >= 11 is 0. The van der Waals surface area contributed by atoms with Gasteiger partial charge in [-0.2, -0.15) is 0 Å². The van der Waals surface area contributed by atoms with E-state index in [4.69, 9.17) is 0 Å². The van der Waals surface area contributed by atoms with Gasteiger partial charge in [-0.25, -0.2) is 9.78 Å². The molecule has 21 heavy (non-hydrogen) atoms. The Balaban J connectivity index is 1.90. The fraction of sp³-hybridized carbons (Fsp3) is 0.143. The zero-order valence-corrected chi connectivity index (χ0v) is 11.0. The van der Waals surface area contributed by atoms with Crippen molar-refractivity contribution in [2.75, 3.05) is 16.8 Å². The summed E-state index contributed by atoms with van der Waals surface area (Å²) in [6, 6.07) is 8.61. The molecule has 0 spiro atoms. The number of aromatic nitrogens is 2. The van der Waals surface area contributed by atoms with Crippen LogP contribution in [0.4, 0.5) is 11.4 Å². The van der Waals surface area contributed by atoms with E-state index in [2.05, 4.69) is 10.3 Å². The maximum Gasteiger partial charge on any atom is 0.347 e. The van der Waals surface area contributed by atoms with Crippen molar-refractivity contribution in [3.63, 3.8) is 0 Å². The van der Waals surface area contributed by atoms with Gasteiger partial charge >= 0.3 is 5.69 Å². The highest BCUT2D eigenvalue weighted by molar-refractivity contribution is 6.09. The van der Waals surface area contributed by atoms with Crippen LogP contribution in [0.2, 0.25) is 0 Å². The molecule has 0 atom stereocenters. The molecule has 2 amide bonds. The van der Waals surface area contributed by atoms with Crippen molar-refractivity contribution in [1.29, 1.82) is 0 Å². The third kappa shape index (κ3) is 2.53. The van der Waals surface area contributed by atoms with Crippen molar-refractivity contribution in [1.82, 2.24) is 9.55 Å². The Hall–Kier alpha value is -2.96. The molecule has 0 saturated heterocycles. The Bertz CT molecular complexity index is 769. The number of rotatable bonds is 2. The third-order valence-electron chi connectivity index (χ3n) is 3.16. The molecule has 0 unspecified atom stereocenters. The Morgan fingerprint density at radius 3 is 2.86 bits per heavy atom. The second-order valence-electron chi connectivity index (χ2n) is 4.58. The van der Waals surface area contributed by atoms with Crippen molar-refractivity contribution < 1.29 is 9.59 Å². The first-order valence-electron chi connectivity index (χ1n) is 6.36. The maximum absolute atomic E-state index is 12.4. The van der Waals surface area contributed by atoms with Gasteiger partial charge in [0.25, 0.3) is 0 Å². The minimum absolute atomic E-state index is 0.0646. The Labute approximate surface area is 119 Å². The number of amides is 2. The fourth-order valence-corrected chi connectivity index (χ4v) is 2.19. The van der Waals surface area contributed by atoms with Gasteiger partial charge in [-0.15, -0.1) is 0 Å². The molecule has 2 aromatic rings. The summed E-state index contributed by atoms with van der Waals surface area (Å²) in [4.78, 5) is 40.6. The number of hydrogen-bond acceptors (Lipinski definition) is 4. The van der Waals surface area contributed by atoms with Gasteiger partial charge in [0.15, 0.2) is 0 Å². The van der Waals surface area contributed by atoms with Crippen LogP contribution in [0.25, 0.3) is 0 Å². The van der Waals surface area contributed by atoms with E-state index < -0.39 is 5.69 Å². The van der Waals surface area contributed by atoms with Crippen LogP contribution in [0.3, 0.4) is 0 Å². The lowest BCUT2D eigenvalue weighted by molar-refractivity contribution is -0.122. The number of benzene rings is 1. The number of nitrogens with zero attached hydrogens (tertiary/aromatic N) is 3. The van der Waals surface area contributed by atoms with Gasteiger partial charge < -0.3 is 5.32 Å². The lowest BCUT2D eigenvalue weighted by Gasteiger charge is -2.29. The lowest BCUT2D eigenvalue weighted by Crippen LogP contribution is -2.44. The summed E-state index contributed by atoms with van der Waals surface area (Å²) in [7, 11) is 0. The number of carbonyl (C=O) groups is 2. The highest BCUT2D eigenvalue weighted by atomic mass is 16.2. The number of para-hydroxylation sites is 2. The molecule has 0 bridgehead atoms. The largest absolute Gasteiger partial charge is 0.347 e. The summed E-state index contributed by atoms with van der Waals surface area (Å²) in [5.74, 6) is -0.604. The van der Waals surface area contributed by atoms with Gasteiger partial charge in [-0.05, 0) is 18.2 Å². The molecule has 1 aromatic heterocycles. The van der Waals surface area contributed by atoms with Gasteiger partial charge in [0, 0.05) is 12.4 Å². The number of hydrogen-bond donors (Lipinski definition) is 1. The molecule has 1 aliphatic heterocycles. The van der Waals surface area contributed by atoms with Crippen LogP contribution < -0.4 is 15.9 Å². The molecule has 2 heterocycles. The SMILES string of the molecule is O=C1CN(C(=O)Cn2cccnc2=O)c2ccccc2N1. The minimum Gasteiger partial charge on any atom is -0.323 e. The highest BCUT2D eigenvalue weighted by Crippen LogP contribution is 2.28. The third-order valence-corrected chi connectivity index (χ3v) is 3.16. The van der Waals surface area contributed by atoms with Gasteiger partial charge in [0.05, 0.1) is 11.4 Å². The van der Waals surface area contributed by atoms with Gasteiger partial charge in [-0.1, -0.05) is 12.1 Å². The summed E-state index contributed by atoms with van der Waals surface area (Å²) < 4.78 is 1.21. The molecule has 0 saturated carbocycles. The summed E-state index contributed by atoms with van der Waals surface area (Å²) in [5, 5.41) is 2.71. The van der Waals surface area contributed by atoms with Crippen LogP contribution in [-0.4, -0.2) is 27.9 Å². The molecule has 1 aliphatic rings. The minimum atomic E-state index is -0.499. The molecule has 0 aliphatic carbocycles. The van der Waals surface area contributed by atoms with E-state index in [9.17, 15) is 14.4 Å². The number of fused-ring (bicyclic) bond motifs is 1. The predicted molar refractivity (Wildman–Crippen MR) is 75.9 cm³/mol. The second kappa shape index (κ2) is 5.20. The second-order valence-corrected chi connectivity index (χ2v) is 4.58.